The fraction of sp³-hybridized carbons (Fsp3) is 0.0556. The fourth-order valence-electron chi connectivity index (χ4n) is 2.12. The minimum atomic E-state index is -0.329. The van der Waals surface area contributed by atoms with Crippen LogP contribution < -0.4 is 10.2 Å². The molecule has 0 fully saturated rings. The molecule has 24 heavy (non-hydrogen) atoms. The number of para-hydroxylation sites is 1. The molecule has 5 nitrogen and oxygen atoms in total. The van der Waals surface area contributed by atoms with E-state index in [0.717, 1.165) is 20.0 Å². The lowest BCUT2D eigenvalue weighted by Gasteiger charge is -2.07. The van der Waals surface area contributed by atoms with Gasteiger partial charge in [0.25, 0.3) is 5.91 Å². The first kappa shape index (κ1) is 16.4. The molecule has 0 saturated carbocycles. The maximum atomic E-state index is 11.9. The number of hydrogen-bond donors (Lipinski definition) is 1. The average molecular weight is 431 g/mol. The second-order valence-electron chi connectivity index (χ2n) is 4.93. The number of hydrazone groups is 1. The predicted octanol–water partition coefficient (Wildman–Crippen LogP) is 3.37. The van der Waals surface area contributed by atoms with Gasteiger partial charge in [0.1, 0.15) is 11.3 Å². The molecular weight excluding hydrogens is 417 g/mol. The Morgan fingerprint density at radius 3 is 2.88 bits per heavy atom. The third-order valence-electron chi connectivity index (χ3n) is 3.25. The van der Waals surface area contributed by atoms with Gasteiger partial charge in [-0.3, -0.25) is 9.78 Å². The van der Waals surface area contributed by atoms with Crippen LogP contribution in [-0.4, -0.2) is 23.7 Å². The van der Waals surface area contributed by atoms with Gasteiger partial charge in [-0.15, -0.1) is 0 Å². The average Bonchev–Trinajstić information content (AvgIpc) is 2.61. The standard InChI is InChI=1S/C18H14IN3O2/c19-15-8-2-1-5-14(15)11-21-22-17(23)12-24-16-9-3-6-13-7-4-10-20-18(13)16/h1-11H,12H2,(H,22,23)/b21-11-. The molecule has 6 heteroatoms. The van der Waals surface area contributed by atoms with Crippen LogP contribution in [0, 0.1) is 3.57 Å². The Hall–Kier alpha value is -2.48. The molecule has 0 saturated heterocycles. The van der Waals surface area contributed by atoms with Crippen molar-refractivity contribution in [2.45, 2.75) is 0 Å². The Morgan fingerprint density at radius 2 is 2.00 bits per heavy atom. The molecule has 0 bridgehead atoms. The van der Waals surface area contributed by atoms with Crippen molar-refractivity contribution in [3.63, 3.8) is 0 Å². The van der Waals surface area contributed by atoms with Crippen LogP contribution in [0.4, 0.5) is 0 Å². The number of nitrogens with one attached hydrogen (secondary N) is 1. The predicted molar refractivity (Wildman–Crippen MR) is 102 cm³/mol. The zero-order valence-corrected chi connectivity index (χ0v) is 14.8. The maximum absolute atomic E-state index is 11.9. The minimum absolute atomic E-state index is 0.126. The monoisotopic (exact) mass is 431 g/mol. The van der Waals surface area contributed by atoms with Crippen molar-refractivity contribution in [2.75, 3.05) is 6.61 Å². The molecule has 0 aliphatic carbocycles. The van der Waals surface area contributed by atoms with Crippen LogP contribution in [0.25, 0.3) is 10.9 Å². The molecule has 1 amide bonds. The number of ether oxygens (including phenoxy) is 1. The first-order chi connectivity index (χ1) is 11.7. The van der Waals surface area contributed by atoms with E-state index in [1.165, 1.54) is 0 Å². The van der Waals surface area contributed by atoms with Gasteiger partial charge in [-0.05, 0) is 40.8 Å². The number of aromatic nitrogens is 1. The van der Waals surface area contributed by atoms with Crippen molar-refractivity contribution in [3.8, 4) is 5.75 Å². The molecule has 0 spiro atoms. The highest BCUT2D eigenvalue weighted by Crippen LogP contribution is 2.22. The summed E-state index contributed by atoms with van der Waals surface area (Å²) in [5, 5.41) is 4.92. The van der Waals surface area contributed by atoms with Crippen LogP contribution in [0.3, 0.4) is 0 Å². The van der Waals surface area contributed by atoms with Crippen LogP contribution in [0.1, 0.15) is 5.56 Å². The Balaban J connectivity index is 1.58. The molecule has 0 unspecified atom stereocenters. The van der Waals surface area contributed by atoms with E-state index in [9.17, 15) is 4.79 Å². The van der Waals surface area contributed by atoms with Crippen molar-refractivity contribution in [1.82, 2.24) is 10.4 Å². The number of pyridine rings is 1. The molecule has 0 radical (unpaired) electrons. The molecule has 0 atom stereocenters. The van der Waals surface area contributed by atoms with Crippen LogP contribution in [0.5, 0.6) is 5.75 Å². The van der Waals surface area contributed by atoms with Crippen molar-refractivity contribution >= 4 is 45.6 Å². The summed E-state index contributed by atoms with van der Waals surface area (Å²) in [5.74, 6) is 0.245. The Labute approximate surface area is 152 Å². The molecule has 3 aromatic rings. The summed E-state index contributed by atoms with van der Waals surface area (Å²) in [7, 11) is 0. The van der Waals surface area contributed by atoms with Gasteiger partial charge in [0.2, 0.25) is 0 Å². The number of hydrogen-bond acceptors (Lipinski definition) is 4. The summed E-state index contributed by atoms with van der Waals surface area (Å²) in [5.41, 5.74) is 4.13. The molecule has 1 N–H and O–H groups in total. The molecule has 120 valence electrons. The van der Waals surface area contributed by atoms with Gasteiger partial charge in [0.05, 0.1) is 6.21 Å². The summed E-state index contributed by atoms with van der Waals surface area (Å²) < 4.78 is 6.62. The normalized spacial score (nSPS) is 10.9. The minimum Gasteiger partial charge on any atom is -0.481 e. The van der Waals surface area contributed by atoms with E-state index in [-0.39, 0.29) is 12.5 Å². The van der Waals surface area contributed by atoms with Crippen molar-refractivity contribution in [1.29, 1.82) is 0 Å². The maximum Gasteiger partial charge on any atom is 0.277 e. The summed E-state index contributed by atoms with van der Waals surface area (Å²) in [4.78, 5) is 16.1. The zero-order chi connectivity index (χ0) is 16.8. The number of carbonyl (C=O) groups excluding carboxylic acids is 1. The van der Waals surface area contributed by atoms with Gasteiger partial charge in [0, 0.05) is 20.7 Å². The first-order valence-electron chi connectivity index (χ1n) is 7.27. The lowest BCUT2D eigenvalue weighted by Crippen LogP contribution is -2.24. The van der Waals surface area contributed by atoms with E-state index in [2.05, 4.69) is 38.1 Å². The summed E-state index contributed by atoms with van der Waals surface area (Å²) >= 11 is 2.21. The van der Waals surface area contributed by atoms with E-state index in [1.54, 1.807) is 18.5 Å². The van der Waals surface area contributed by atoms with Crippen LogP contribution in [-0.2, 0) is 4.79 Å². The van der Waals surface area contributed by atoms with Crippen LogP contribution >= 0.6 is 22.6 Å². The highest BCUT2D eigenvalue weighted by atomic mass is 127. The van der Waals surface area contributed by atoms with Gasteiger partial charge in [-0.25, -0.2) is 5.43 Å². The van der Waals surface area contributed by atoms with Gasteiger partial charge in [0.15, 0.2) is 6.61 Å². The lowest BCUT2D eigenvalue weighted by atomic mass is 10.2. The third kappa shape index (κ3) is 4.08. The van der Waals surface area contributed by atoms with E-state index in [4.69, 9.17) is 4.74 Å². The van der Waals surface area contributed by atoms with E-state index < -0.39 is 0 Å². The van der Waals surface area contributed by atoms with E-state index in [1.807, 2.05) is 48.5 Å². The number of carbonyl (C=O) groups is 1. The summed E-state index contributed by atoms with van der Waals surface area (Å²) in [6.45, 7) is -0.126. The first-order valence-corrected chi connectivity index (χ1v) is 8.35. The van der Waals surface area contributed by atoms with E-state index in [0.29, 0.717) is 5.75 Å². The SMILES string of the molecule is O=C(COc1cccc2cccnc12)N/N=C\c1ccccc1I. The Morgan fingerprint density at radius 1 is 1.17 bits per heavy atom. The second-order valence-corrected chi connectivity index (χ2v) is 6.10. The van der Waals surface area contributed by atoms with Gasteiger partial charge in [-0.1, -0.05) is 36.4 Å². The molecule has 0 aliphatic rings. The van der Waals surface area contributed by atoms with Crippen LogP contribution in [0.15, 0.2) is 65.9 Å². The third-order valence-corrected chi connectivity index (χ3v) is 4.23. The van der Waals surface area contributed by atoms with Crippen molar-refractivity contribution in [3.05, 3.63) is 69.9 Å². The Bertz CT molecular complexity index is 891. The molecular formula is C18H14IN3O2. The van der Waals surface area contributed by atoms with Crippen LogP contribution in [0.2, 0.25) is 0 Å². The zero-order valence-electron chi connectivity index (χ0n) is 12.6. The highest BCUT2D eigenvalue weighted by Gasteiger charge is 2.06. The smallest absolute Gasteiger partial charge is 0.277 e. The number of rotatable bonds is 5. The molecule has 3 rings (SSSR count). The quantitative estimate of drug-likeness (QED) is 0.383. The summed E-state index contributed by atoms with van der Waals surface area (Å²) in [6, 6.07) is 17.2. The molecule has 0 aliphatic heterocycles. The number of fused-ring (bicyclic) bond motifs is 1. The van der Waals surface area contributed by atoms with Crippen molar-refractivity contribution in [2.24, 2.45) is 5.10 Å². The highest BCUT2D eigenvalue weighted by molar-refractivity contribution is 14.1. The number of nitrogens with zero attached hydrogens (tertiary/aromatic N) is 2. The molecule has 1 heterocycles. The topological polar surface area (TPSA) is 63.6 Å². The number of benzene rings is 2. The Kier molecular flexibility index (Phi) is 5.37. The van der Waals surface area contributed by atoms with Crippen molar-refractivity contribution < 1.29 is 9.53 Å². The fourth-order valence-corrected chi connectivity index (χ4v) is 2.65. The number of amides is 1. The van der Waals surface area contributed by atoms with Gasteiger partial charge >= 0.3 is 0 Å². The number of halogens is 1. The second kappa shape index (κ2) is 7.87. The lowest BCUT2D eigenvalue weighted by molar-refractivity contribution is -0.123. The van der Waals surface area contributed by atoms with Gasteiger partial charge in [-0.2, -0.15) is 5.10 Å². The molecule has 2 aromatic carbocycles. The summed E-state index contributed by atoms with van der Waals surface area (Å²) in [6.07, 6.45) is 3.31. The largest absolute Gasteiger partial charge is 0.481 e. The molecule has 1 aromatic heterocycles. The van der Waals surface area contributed by atoms with E-state index >= 15 is 0 Å². The van der Waals surface area contributed by atoms with Gasteiger partial charge < -0.3 is 4.74 Å².